The molecule has 6 nitrogen and oxygen atoms in total. The maximum atomic E-state index is 12.0. The average Bonchev–Trinajstić information content (AvgIpc) is 2.37. The van der Waals surface area contributed by atoms with E-state index in [1.165, 1.54) is 4.31 Å². The van der Waals surface area contributed by atoms with Crippen molar-refractivity contribution in [2.75, 3.05) is 19.6 Å². The van der Waals surface area contributed by atoms with E-state index in [0.717, 1.165) is 32.1 Å². The highest BCUT2D eigenvalue weighted by molar-refractivity contribution is 7.87. The summed E-state index contributed by atoms with van der Waals surface area (Å²) < 4.78 is 28.3. The van der Waals surface area contributed by atoms with Crippen LogP contribution in [0.5, 0.6) is 0 Å². The van der Waals surface area contributed by atoms with E-state index in [-0.39, 0.29) is 6.42 Å². The molecule has 0 aromatic rings. The van der Waals surface area contributed by atoms with E-state index in [4.69, 9.17) is 5.11 Å². The zero-order chi connectivity index (χ0) is 15.0. The summed E-state index contributed by atoms with van der Waals surface area (Å²) in [5.41, 5.74) is 0. The zero-order valence-electron chi connectivity index (χ0n) is 12.2. The Hall–Kier alpha value is -0.660. The summed E-state index contributed by atoms with van der Waals surface area (Å²) in [6.45, 7) is 3.72. The second kappa shape index (κ2) is 8.59. The molecule has 0 aromatic heterocycles. The predicted octanol–water partition coefficient (Wildman–Crippen LogP) is 1.59. The van der Waals surface area contributed by atoms with Gasteiger partial charge in [-0.15, -0.1) is 0 Å². The SMILES string of the molecule is CC1CCCN(S(=O)(=O)NCCCCCCC(=O)O)C1. The standard InChI is InChI=1S/C13H26N2O4S/c1-12-7-6-10-15(11-12)20(18,19)14-9-5-3-2-4-8-13(16)17/h12,14H,2-11H2,1H3,(H,16,17). The molecule has 7 heteroatoms. The van der Waals surface area contributed by atoms with Gasteiger partial charge in [0.25, 0.3) is 10.2 Å². The molecule has 0 aliphatic carbocycles. The van der Waals surface area contributed by atoms with Crippen LogP contribution in [0, 0.1) is 5.92 Å². The van der Waals surface area contributed by atoms with Crippen molar-refractivity contribution in [3.8, 4) is 0 Å². The molecule has 1 heterocycles. The molecule has 20 heavy (non-hydrogen) atoms. The largest absolute Gasteiger partial charge is 0.481 e. The monoisotopic (exact) mass is 306 g/mol. The highest BCUT2D eigenvalue weighted by Gasteiger charge is 2.26. The van der Waals surface area contributed by atoms with Crippen LogP contribution in [-0.4, -0.2) is 43.4 Å². The molecule has 0 spiro atoms. The number of nitrogens with one attached hydrogen (secondary N) is 1. The summed E-state index contributed by atoms with van der Waals surface area (Å²) in [5, 5.41) is 8.49. The quantitative estimate of drug-likeness (QED) is 0.633. The lowest BCUT2D eigenvalue weighted by molar-refractivity contribution is -0.137. The fourth-order valence-corrected chi connectivity index (χ4v) is 3.82. The minimum absolute atomic E-state index is 0.192. The molecule has 1 unspecified atom stereocenters. The molecule has 0 radical (unpaired) electrons. The van der Waals surface area contributed by atoms with Gasteiger partial charge in [-0.1, -0.05) is 19.8 Å². The Morgan fingerprint density at radius 2 is 2.00 bits per heavy atom. The van der Waals surface area contributed by atoms with Gasteiger partial charge in [-0.25, -0.2) is 4.72 Å². The molecule has 1 fully saturated rings. The summed E-state index contributed by atoms with van der Waals surface area (Å²) in [7, 11) is -3.33. The molecule has 0 aromatic carbocycles. The van der Waals surface area contributed by atoms with E-state index >= 15 is 0 Å². The number of unbranched alkanes of at least 4 members (excludes halogenated alkanes) is 3. The molecule has 1 aliphatic heterocycles. The van der Waals surface area contributed by atoms with E-state index < -0.39 is 16.2 Å². The third kappa shape index (κ3) is 6.67. The van der Waals surface area contributed by atoms with Gasteiger partial charge in [0.2, 0.25) is 0 Å². The second-order valence-corrected chi connectivity index (χ2v) is 7.32. The fraction of sp³-hybridized carbons (Fsp3) is 0.923. The normalized spacial score (nSPS) is 20.9. The first kappa shape index (κ1) is 17.4. The summed E-state index contributed by atoms with van der Waals surface area (Å²) in [5.74, 6) is -0.346. The van der Waals surface area contributed by atoms with Crippen molar-refractivity contribution in [2.24, 2.45) is 5.92 Å². The lowest BCUT2D eigenvalue weighted by Gasteiger charge is -2.29. The van der Waals surface area contributed by atoms with Gasteiger partial charge >= 0.3 is 5.97 Å². The molecular formula is C13H26N2O4S. The molecule has 1 atom stereocenters. The van der Waals surface area contributed by atoms with Gasteiger partial charge in [-0.3, -0.25) is 4.79 Å². The van der Waals surface area contributed by atoms with Crippen LogP contribution in [-0.2, 0) is 15.0 Å². The molecule has 1 aliphatic rings. The van der Waals surface area contributed by atoms with Crippen LogP contribution in [0.15, 0.2) is 0 Å². The van der Waals surface area contributed by atoms with Crippen molar-refractivity contribution in [3.63, 3.8) is 0 Å². The minimum Gasteiger partial charge on any atom is -0.481 e. The maximum Gasteiger partial charge on any atom is 0.303 e. The first-order chi connectivity index (χ1) is 9.42. The number of carboxylic acid groups (broad SMARTS) is 1. The average molecular weight is 306 g/mol. The number of aliphatic carboxylic acids is 1. The van der Waals surface area contributed by atoms with Gasteiger partial charge < -0.3 is 5.11 Å². The Bertz CT molecular complexity index is 397. The predicted molar refractivity (Wildman–Crippen MR) is 77.6 cm³/mol. The van der Waals surface area contributed by atoms with E-state index in [1.807, 2.05) is 0 Å². The van der Waals surface area contributed by atoms with Crippen LogP contribution in [0.2, 0.25) is 0 Å². The molecule has 0 saturated carbocycles. The Labute approximate surface area is 121 Å². The summed E-state index contributed by atoms with van der Waals surface area (Å²) >= 11 is 0. The van der Waals surface area contributed by atoms with Crippen molar-refractivity contribution in [1.29, 1.82) is 0 Å². The maximum absolute atomic E-state index is 12.0. The number of piperidine rings is 1. The first-order valence-electron chi connectivity index (χ1n) is 7.38. The first-order valence-corrected chi connectivity index (χ1v) is 8.82. The Morgan fingerprint density at radius 1 is 1.30 bits per heavy atom. The van der Waals surface area contributed by atoms with E-state index in [1.54, 1.807) is 0 Å². The van der Waals surface area contributed by atoms with Gasteiger partial charge in [0.15, 0.2) is 0 Å². The van der Waals surface area contributed by atoms with Gasteiger partial charge in [0.1, 0.15) is 0 Å². The molecule has 1 saturated heterocycles. The topological polar surface area (TPSA) is 86.7 Å². The van der Waals surface area contributed by atoms with Crippen LogP contribution in [0.1, 0.15) is 51.9 Å². The summed E-state index contributed by atoms with van der Waals surface area (Å²) in [4.78, 5) is 10.3. The van der Waals surface area contributed by atoms with Gasteiger partial charge in [-0.2, -0.15) is 12.7 Å². The number of carbonyl (C=O) groups is 1. The van der Waals surface area contributed by atoms with E-state index in [2.05, 4.69) is 11.6 Å². The van der Waals surface area contributed by atoms with Crippen LogP contribution in [0.3, 0.4) is 0 Å². The van der Waals surface area contributed by atoms with Gasteiger partial charge in [-0.05, 0) is 31.6 Å². The molecule has 0 bridgehead atoms. The molecule has 118 valence electrons. The van der Waals surface area contributed by atoms with Crippen molar-refractivity contribution >= 4 is 16.2 Å². The minimum atomic E-state index is -3.33. The zero-order valence-corrected chi connectivity index (χ0v) is 13.0. The van der Waals surface area contributed by atoms with Crippen LogP contribution in [0.4, 0.5) is 0 Å². The second-order valence-electron chi connectivity index (χ2n) is 5.56. The number of carboxylic acids is 1. The van der Waals surface area contributed by atoms with Gasteiger partial charge in [0.05, 0.1) is 0 Å². The number of hydrogen-bond donors (Lipinski definition) is 2. The van der Waals surface area contributed by atoms with Crippen molar-refractivity contribution in [2.45, 2.75) is 51.9 Å². The lowest BCUT2D eigenvalue weighted by atomic mass is 10.0. The Balaban J connectivity index is 2.15. The van der Waals surface area contributed by atoms with Crippen LogP contribution in [0.25, 0.3) is 0 Å². The smallest absolute Gasteiger partial charge is 0.303 e. The number of rotatable bonds is 9. The van der Waals surface area contributed by atoms with Crippen molar-refractivity contribution in [1.82, 2.24) is 9.03 Å². The summed E-state index contributed by atoms with van der Waals surface area (Å²) in [6.07, 6.45) is 5.30. The van der Waals surface area contributed by atoms with Crippen molar-refractivity contribution < 1.29 is 18.3 Å². The molecule has 0 amide bonds. The molecule has 2 N–H and O–H groups in total. The highest BCUT2D eigenvalue weighted by atomic mass is 32.2. The molecular weight excluding hydrogens is 280 g/mol. The third-order valence-electron chi connectivity index (χ3n) is 3.56. The van der Waals surface area contributed by atoms with E-state index in [0.29, 0.717) is 32.0 Å². The van der Waals surface area contributed by atoms with Crippen molar-refractivity contribution in [3.05, 3.63) is 0 Å². The summed E-state index contributed by atoms with van der Waals surface area (Å²) in [6, 6.07) is 0. The van der Waals surface area contributed by atoms with Gasteiger partial charge in [0, 0.05) is 26.1 Å². The highest BCUT2D eigenvalue weighted by Crippen LogP contribution is 2.17. The number of nitrogens with zero attached hydrogens (tertiary/aromatic N) is 1. The number of hydrogen-bond acceptors (Lipinski definition) is 3. The van der Waals surface area contributed by atoms with E-state index in [9.17, 15) is 13.2 Å². The fourth-order valence-electron chi connectivity index (χ4n) is 2.41. The molecule has 1 rings (SSSR count). The van der Waals surface area contributed by atoms with Crippen LogP contribution < -0.4 is 4.72 Å². The third-order valence-corrected chi connectivity index (χ3v) is 5.14. The van der Waals surface area contributed by atoms with Crippen LogP contribution >= 0.6 is 0 Å². The lowest BCUT2D eigenvalue weighted by Crippen LogP contribution is -2.45. The Morgan fingerprint density at radius 3 is 2.65 bits per heavy atom. The Kier molecular flexibility index (Phi) is 7.47.